The van der Waals surface area contributed by atoms with Crippen LogP contribution in [0.4, 0.5) is 0 Å². The van der Waals surface area contributed by atoms with E-state index >= 15 is 0 Å². The normalized spacial score (nSPS) is 15.4. The van der Waals surface area contributed by atoms with Crippen LogP contribution in [0, 0.1) is 0 Å². The van der Waals surface area contributed by atoms with E-state index in [2.05, 4.69) is 4.98 Å². The number of aromatic nitrogens is 1. The SMILES string of the molecule is CC(Oc1ccc(O)cc1)C(=O)N1CCN(C(=O)c2ccccn2)CC1. The number of amides is 2. The van der Waals surface area contributed by atoms with Crippen LogP contribution in [-0.4, -0.2) is 64.0 Å². The van der Waals surface area contributed by atoms with Crippen LogP contribution in [0.2, 0.25) is 0 Å². The monoisotopic (exact) mass is 355 g/mol. The lowest BCUT2D eigenvalue weighted by Gasteiger charge is -2.35. The van der Waals surface area contributed by atoms with Gasteiger partial charge in [0.1, 0.15) is 17.2 Å². The summed E-state index contributed by atoms with van der Waals surface area (Å²) in [6, 6.07) is 11.5. The van der Waals surface area contributed by atoms with Crippen molar-refractivity contribution >= 4 is 11.8 Å². The van der Waals surface area contributed by atoms with E-state index in [1.807, 2.05) is 0 Å². The summed E-state index contributed by atoms with van der Waals surface area (Å²) in [5, 5.41) is 9.29. The third-order valence-electron chi connectivity index (χ3n) is 4.26. The summed E-state index contributed by atoms with van der Waals surface area (Å²) < 4.78 is 5.64. The number of nitrogens with zero attached hydrogens (tertiary/aromatic N) is 3. The van der Waals surface area contributed by atoms with Gasteiger partial charge in [0.2, 0.25) is 0 Å². The molecule has 1 saturated heterocycles. The minimum Gasteiger partial charge on any atom is -0.508 e. The maximum Gasteiger partial charge on any atom is 0.272 e. The summed E-state index contributed by atoms with van der Waals surface area (Å²) in [5.74, 6) is 0.423. The van der Waals surface area contributed by atoms with E-state index in [0.29, 0.717) is 37.6 Å². The second kappa shape index (κ2) is 7.86. The molecule has 1 fully saturated rings. The predicted molar refractivity (Wildman–Crippen MR) is 94.9 cm³/mol. The van der Waals surface area contributed by atoms with Gasteiger partial charge >= 0.3 is 0 Å². The first kappa shape index (κ1) is 17.7. The summed E-state index contributed by atoms with van der Waals surface area (Å²) in [4.78, 5) is 32.4. The third-order valence-corrected chi connectivity index (χ3v) is 4.26. The van der Waals surface area contributed by atoms with E-state index in [0.717, 1.165) is 0 Å². The summed E-state index contributed by atoms with van der Waals surface area (Å²) in [6.07, 6.45) is 0.951. The maximum atomic E-state index is 12.6. The third kappa shape index (κ3) is 4.11. The van der Waals surface area contributed by atoms with Gasteiger partial charge in [-0.1, -0.05) is 6.07 Å². The summed E-state index contributed by atoms with van der Waals surface area (Å²) in [5.41, 5.74) is 0.413. The van der Waals surface area contributed by atoms with Crippen molar-refractivity contribution in [1.82, 2.24) is 14.8 Å². The van der Waals surface area contributed by atoms with Crippen LogP contribution in [-0.2, 0) is 4.79 Å². The number of hydrogen-bond donors (Lipinski definition) is 1. The highest BCUT2D eigenvalue weighted by Crippen LogP contribution is 2.18. The molecule has 1 aliphatic heterocycles. The number of phenolic OH excluding ortho intramolecular Hbond substituents is 1. The molecule has 1 unspecified atom stereocenters. The first-order chi connectivity index (χ1) is 12.5. The molecule has 136 valence electrons. The molecule has 26 heavy (non-hydrogen) atoms. The Kier molecular flexibility index (Phi) is 5.36. The fraction of sp³-hybridized carbons (Fsp3) is 0.316. The Balaban J connectivity index is 1.53. The molecule has 2 heterocycles. The van der Waals surface area contributed by atoms with Gasteiger partial charge in [-0.25, -0.2) is 0 Å². The molecule has 0 spiro atoms. The number of carbonyl (C=O) groups excluding carboxylic acids is 2. The van der Waals surface area contributed by atoms with E-state index in [1.54, 1.807) is 53.3 Å². The van der Waals surface area contributed by atoms with Gasteiger partial charge in [0.05, 0.1) is 0 Å². The fourth-order valence-corrected chi connectivity index (χ4v) is 2.82. The molecule has 7 nitrogen and oxygen atoms in total. The molecule has 1 N–H and O–H groups in total. The molecule has 0 saturated carbocycles. The molecule has 0 aliphatic carbocycles. The molecule has 1 aliphatic rings. The van der Waals surface area contributed by atoms with E-state index in [9.17, 15) is 14.7 Å². The van der Waals surface area contributed by atoms with Crippen LogP contribution >= 0.6 is 0 Å². The van der Waals surface area contributed by atoms with E-state index in [1.165, 1.54) is 12.1 Å². The number of ether oxygens (including phenoxy) is 1. The zero-order valence-electron chi connectivity index (χ0n) is 14.5. The quantitative estimate of drug-likeness (QED) is 0.899. The second-order valence-electron chi connectivity index (χ2n) is 6.09. The van der Waals surface area contributed by atoms with Gasteiger partial charge < -0.3 is 19.6 Å². The van der Waals surface area contributed by atoms with Crippen LogP contribution in [0.25, 0.3) is 0 Å². The van der Waals surface area contributed by atoms with Gasteiger partial charge in [-0.15, -0.1) is 0 Å². The van der Waals surface area contributed by atoms with Gasteiger partial charge in [0, 0.05) is 32.4 Å². The first-order valence-corrected chi connectivity index (χ1v) is 8.49. The molecule has 0 radical (unpaired) electrons. The van der Waals surface area contributed by atoms with Crippen LogP contribution < -0.4 is 4.74 Å². The molecule has 1 aromatic heterocycles. The lowest BCUT2D eigenvalue weighted by atomic mass is 10.2. The Morgan fingerprint density at radius 1 is 1.04 bits per heavy atom. The number of phenols is 1. The van der Waals surface area contributed by atoms with Crippen LogP contribution in [0.5, 0.6) is 11.5 Å². The van der Waals surface area contributed by atoms with Crippen molar-refractivity contribution in [2.24, 2.45) is 0 Å². The maximum absolute atomic E-state index is 12.6. The number of rotatable bonds is 4. The van der Waals surface area contributed by atoms with Crippen molar-refractivity contribution in [2.45, 2.75) is 13.0 Å². The minimum atomic E-state index is -0.641. The van der Waals surface area contributed by atoms with Gasteiger partial charge in [-0.2, -0.15) is 0 Å². The standard InChI is InChI=1S/C19H21N3O4/c1-14(26-16-7-5-15(23)6-8-16)18(24)21-10-12-22(13-11-21)19(25)17-4-2-3-9-20-17/h2-9,14,23H,10-13H2,1H3. The smallest absolute Gasteiger partial charge is 0.272 e. The molecule has 1 aromatic carbocycles. The lowest BCUT2D eigenvalue weighted by molar-refractivity contribution is -0.139. The first-order valence-electron chi connectivity index (χ1n) is 8.49. The second-order valence-corrected chi connectivity index (χ2v) is 6.09. The fourth-order valence-electron chi connectivity index (χ4n) is 2.82. The van der Waals surface area contributed by atoms with Crippen molar-refractivity contribution in [2.75, 3.05) is 26.2 Å². The van der Waals surface area contributed by atoms with Crippen LogP contribution in [0.15, 0.2) is 48.7 Å². The molecule has 2 aromatic rings. The zero-order valence-corrected chi connectivity index (χ0v) is 14.5. The Morgan fingerprint density at radius 2 is 1.69 bits per heavy atom. The lowest BCUT2D eigenvalue weighted by Crippen LogP contribution is -2.53. The average molecular weight is 355 g/mol. The van der Waals surface area contributed by atoms with Crippen molar-refractivity contribution in [3.8, 4) is 11.5 Å². The van der Waals surface area contributed by atoms with Gasteiger partial charge in [0.15, 0.2) is 6.10 Å². The predicted octanol–water partition coefficient (Wildman–Crippen LogP) is 1.54. The molecule has 3 rings (SSSR count). The van der Waals surface area contributed by atoms with Crippen LogP contribution in [0.3, 0.4) is 0 Å². The van der Waals surface area contributed by atoms with Gasteiger partial charge in [-0.05, 0) is 43.3 Å². The topological polar surface area (TPSA) is 83.0 Å². The molecule has 0 bridgehead atoms. The Bertz CT molecular complexity index is 756. The summed E-state index contributed by atoms with van der Waals surface area (Å²) in [7, 11) is 0. The highest BCUT2D eigenvalue weighted by molar-refractivity contribution is 5.92. The number of hydrogen-bond acceptors (Lipinski definition) is 5. The van der Waals surface area contributed by atoms with E-state index in [4.69, 9.17) is 4.74 Å². The highest BCUT2D eigenvalue weighted by Gasteiger charge is 2.28. The number of benzene rings is 1. The molecule has 7 heteroatoms. The summed E-state index contributed by atoms with van der Waals surface area (Å²) >= 11 is 0. The van der Waals surface area contributed by atoms with E-state index in [-0.39, 0.29) is 17.6 Å². The van der Waals surface area contributed by atoms with Crippen molar-refractivity contribution < 1.29 is 19.4 Å². The largest absolute Gasteiger partial charge is 0.508 e. The highest BCUT2D eigenvalue weighted by atomic mass is 16.5. The van der Waals surface area contributed by atoms with Crippen molar-refractivity contribution in [3.05, 3.63) is 54.4 Å². The number of pyridine rings is 1. The Morgan fingerprint density at radius 3 is 2.31 bits per heavy atom. The van der Waals surface area contributed by atoms with Crippen LogP contribution in [0.1, 0.15) is 17.4 Å². The zero-order chi connectivity index (χ0) is 18.5. The van der Waals surface area contributed by atoms with E-state index < -0.39 is 6.10 Å². The number of carbonyl (C=O) groups is 2. The Hall–Kier alpha value is -3.09. The average Bonchev–Trinajstić information content (AvgIpc) is 2.69. The Labute approximate surface area is 151 Å². The van der Waals surface area contributed by atoms with Crippen molar-refractivity contribution in [1.29, 1.82) is 0 Å². The summed E-state index contributed by atoms with van der Waals surface area (Å²) in [6.45, 7) is 3.54. The van der Waals surface area contributed by atoms with Gasteiger partial charge in [0.25, 0.3) is 11.8 Å². The molecule has 2 amide bonds. The molecular weight excluding hydrogens is 334 g/mol. The molecule has 1 atom stereocenters. The number of piperazine rings is 1. The molecular formula is C19H21N3O4. The van der Waals surface area contributed by atoms with Crippen molar-refractivity contribution in [3.63, 3.8) is 0 Å². The van der Waals surface area contributed by atoms with Gasteiger partial charge in [-0.3, -0.25) is 14.6 Å². The minimum absolute atomic E-state index is 0.119. The number of aromatic hydroxyl groups is 1.